The fourth-order valence-electron chi connectivity index (χ4n) is 6.48. The zero-order chi connectivity index (χ0) is 33.7. The van der Waals surface area contributed by atoms with Gasteiger partial charge in [-0.05, 0) is 59.7 Å². The summed E-state index contributed by atoms with van der Waals surface area (Å²) in [6.45, 7) is 5.50. The van der Waals surface area contributed by atoms with E-state index in [1.807, 2.05) is 47.5 Å². The van der Waals surface area contributed by atoms with Crippen molar-refractivity contribution in [3.63, 3.8) is 0 Å². The molecule has 1 aromatic heterocycles. The van der Waals surface area contributed by atoms with E-state index < -0.39 is 0 Å². The van der Waals surface area contributed by atoms with E-state index >= 15 is 0 Å². The number of methoxy groups -OCH3 is 3. The van der Waals surface area contributed by atoms with E-state index in [0.29, 0.717) is 73.0 Å². The molecule has 12 nitrogen and oxygen atoms in total. The number of nitriles is 1. The topological polar surface area (TPSA) is 118 Å². The molecular formula is C37H39N7O5. The average molecular weight is 662 g/mol. The maximum atomic E-state index is 10.5. The predicted octanol–water partition coefficient (Wildman–Crippen LogP) is 5.07. The van der Waals surface area contributed by atoms with Gasteiger partial charge in [0.15, 0.2) is 17.3 Å². The Morgan fingerprint density at radius 3 is 2.02 bits per heavy atom. The molecule has 0 amide bonds. The molecule has 0 bridgehead atoms. The van der Waals surface area contributed by atoms with Crippen LogP contribution in [0, 0.1) is 11.3 Å². The molecule has 7 rings (SSSR count). The highest BCUT2D eigenvalue weighted by Gasteiger charge is 2.34. The Balaban J connectivity index is 1.35. The molecule has 3 aliphatic rings. The first-order chi connectivity index (χ1) is 24.1. The van der Waals surface area contributed by atoms with Crippen LogP contribution >= 0.6 is 0 Å². The molecule has 0 saturated carbocycles. The van der Waals surface area contributed by atoms with Crippen LogP contribution < -0.4 is 29.0 Å². The number of rotatable bonds is 9. The third kappa shape index (κ3) is 6.55. The van der Waals surface area contributed by atoms with E-state index in [4.69, 9.17) is 38.8 Å². The Morgan fingerprint density at radius 1 is 0.735 bits per heavy atom. The number of hydrogen-bond donors (Lipinski definition) is 0. The Bertz CT molecular complexity index is 1850. The Hall–Kier alpha value is -5.38. The van der Waals surface area contributed by atoms with Crippen molar-refractivity contribution in [2.45, 2.75) is 12.5 Å². The Kier molecular flexibility index (Phi) is 9.45. The summed E-state index contributed by atoms with van der Waals surface area (Å²) in [5.74, 6) is 2.93. The minimum absolute atomic E-state index is 0.261. The highest BCUT2D eigenvalue weighted by Crippen LogP contribution is 2.41. The fraction of sp³-hybridized carbons (Fsp3) is 0.351. The highest BCUT2D eigenvalue weighted by atomic mass is 16.5. The third-order valence-electron chi connectivity index (χ3n) is 9.15. The van der Waals surface area contributed by atoms with Gasteiger partial charge in [0.25, 0.3) is 0 Å². The summed E-state index contributed by atoms with van der Waals surface area (Å²) in [5.41, 5.74) is 5.76. The summed E-state index contributed by atoms with van der Waals surface area (Å²) in [6, 6.07) is 24.2. The molecule has 3 aliphatic heterocycles. The second-order valence-corrected chi connectivity index (χ2v) is 11.9. The van der Waals surface area contributed by atoms with Gasteiger partial charge in [0, 0.05) is 43.9 Å². The molecule has 3 aromatic carbocycles. The van der Waals surface area contributed by atoms with Crippen LogP contribution in [0.15, 0.2) is 71.8 Å². The number of benzene rings is 3. The van der Waals surface area contributed by atoms with Crippen LogP contribution in [0.5, 0.6) is 17.2 Å². The highest BCUT2D eigenvalue weighted by molar-refractivity contribution is 6.03. The summed E-state index contributed by atoms with van der Waals surface area (Å²) in [6.07, 6.45) is 0.598. The minimum atomic E-state index is -0.261. The number of aromatic nitrogens is 2. The molecule has 12 heteroatoms. The van der Waals surface area contributed by atoms with Gasteiger partial charge < -0.3 is 33.5 Å². The van der Waals surface area contributed by atoms with Crippen molar-refractivity contribution in [3.8, 4) is 34.6 Å². The summed E-state index contributed by atoms with van der Waals surface area (Å²) >= 11 is 0. The minimum Gasteiger partial charge on any atom is -0.497 e. The molecule has 4 aromatic rings. The number of morpholine rings is 2. The van der Waals surface area contributed by atoms with Gasteiger partial charge in [-0.1, -0.05) is 18.2 Å². The predicted molar refractivity (Wildman–Crippen MR) is 187 cm³/mol. The van der Waals surface area contributed by atoms with Crippen molar-refractivity contribution in [1.82, 2.24) is 9.97 Å². The lowest BCUT2D eigenvalue weighted by Gasteiger charge is -2.30. The van der Waals surface area contributed by atoms with Crippen LogP contribution in [0.25, 0.3) is 11.3 Å². The first-order valence-electron chi connectivity index (χ1n) is 16.4. The monoisotopic (exact) mass is 661 g/mol. The van der Waals surface area contributed by atoms with E-state index in [2.05, 4.69) is 40.1 Å². The van der Waals surface area contributed by atoms with Crippen molar-refractivity contribution < 1.29 is 23.7 Å². The van der Waals surface area contributed by atoms with Crippen molar-refractivity contribution in [3.05, 3.63) is 83.4 Å². The third-order valence-corrected chi connectivity index (χ3v) is 9.15. The van der Waals surface area contributed by atoms with E-state index in [0.717, 1.165) is 54.4 Å². The standard InChI is InChI=1S/C37H39N7O5/c1-45-29-11-6-26(7-12-29)35-30(24-38)36(43-16-20-49-21-17-43)40-37(39-35)44-32(27-8-13-33(46-2)34(22-27)47-3)23-31(41-44)25-4-9-28(10-5-25)42-14-18-48-19-15-42/h4-13,22,32H,14-21,23H2,1-3H3. The summed E-state index contributed by atoms with van der Waals surface area (Å²) < 4.78 is 27.8. The Morgan fingerprint density at radius 2 is 1.39 bits per heavy atom. The Labute approximate surface area is 286 Å². The van der Waals surface area contributed by atoms with E-state index in [9.17, 15) is 5.26 Å². The molecule has 4 heterocycles. The summed E-state index contributed by atoms with van der Waals surface area (Å²) in [7, 11) is 4.88. The molecule has 0 spiro atoms. The number of ether oxygens (including phenoxy) is 5. The van der Waals surface area contributed by atoms with Gasteiger partial charge in [0.05, 0.1) is 65.2 Å². The molecule has 1 atom stereocenters. The van der Waals surface area contributed by atoms with Gasteiger partial charge in [-0.2, -0.15) is 15.3 Å². The zero-order valence-electron chi connectivity index (χ0n) is 28.0. The summed E-state index contributed by atoms with van der Waals surface area (Å²) in [4.78, 5) is 14.6. The van der Waals surface area contributed by atoms with Crippen LogP contribution in [-0.4, -0.2) is 89.6 Å². The van der Waals surface area contributed by atoms with E-state index in [1.54, 1.807) is 21.3 Å². The summed E-state index contributed by atoms with van der Waals surface area (Å²) in [5, 5.41) is 17.6. The first kappa shape index (κ1) is 32.2. The van der Waals surface area contributed by atoms with Gasteiger partial charge in [-0.3, -0.25) is 0 Å². The second-order valence-electron chi connectivity index (χ2n) is 11.9. The number of nitrogens with zero attached hydrogens (tertiary/aromatic N) is 7. The van der Waals surface area contributed by atoms with Crippen molar-refractivity contribution in [2.75, 3.05) is 88.7 Å². The average Bonchev–Trinajstić information content (AvgIpc) is 3.63. The molecule has 49 heavy (non-hydrogen) atoms. The van der Waals surface area contributed by atoms with Gasteiger partial charge in [0.2, 0.25) is 5.95 Å². The lowest BCUT2D eigenvalue weighted by Crippen LogP contribution is -2.37. The van der Waals surface area contributed by atoms with Crippen molar-refractivity contribution in [1.29, 1.82) is 5.26 Å². The molecular weight excluding hydrogens is 622 g/mol. The number of hydrogen-bond acceptors (Lipinski definition) is 12. The molecule has 1 unspecified atom stereocenters. The van der Waals surface area contributed by atoms with Gasteiger partial charge in [-0.15, -0.1) is 0 Å². The zero-order valence-corrected chi connectivity index (χ0v) is 28.0. The normalized spacial score (nSPS) is 17.8. The maximum Gasteiger partial charge on any atom is 0.249 e. The SMILES string of the molecule is COc1ccc(-c2nc(N3N=C(c4ccc(N5CCOCC5)cc4)CC3c3ccc(OC)c(OC)c3)nc(N3CCOCC3)c2C#N)cc1. The number of anilines is 3. The van der Waals surface area contributed by atoms with Crippen molar-refractivity contribution >= 4 is 23.2 Å². The smallest absolute Gasteiger partial charge is 0.249 e. The molecule has 2 fully saturated rings. The first-order valence-corrected chi connectivity index (χ1v) is 16.4. The molecule has 252 valence electrons. The molecule has 0 N–H and O–H groups in total. The fourth-order valence-corrected chi connectivity index (χ4v) is 6.48. The lowest BCUT2D eigenvalue weighted by atomic mass is 9.98. The molecule has 0 radical (unpaired) electrons. The van der Waals surface area contributed by atoms with Crippen LogP contribution in [0.1, 0.15) is 29.2 Å². The van der Waals surface area contributed by atoms with Crippen LogP contribution in [-0.2, 0) is 9.47 Å². The quantitative estimate of drug-likeness (QED) is 0.239. The van der Waals surface area contributed by atoms with E-state index in [-0.39, 0.29) is 6.04 Å². The number of hydrazone groups is 1. The van der Waals surface area contributed by atoms with Gasteiger partial charge >= 0.3 is 0 Å². The molecule has 2 saturated heterocycles. The van der Waals surface area contributed by atoms with E-state index in [1.165, 1.54) is 0 Å². The molecule has 0 aliphatic carbocycles. The van der Waals surface area contributed by atoms with Crippen LogP contribution in [0.2, 0.25) is 0 Å². The maximum absolute atomic E-state index is 10.5. The van der Waals surface area contributed by atoms with Crippen molar-refractivity contribution in [2.24, 2.45) is 5.10 Å². The second kappa shape index (κ2) is 14.4. The largest absolute Gasteiger partial charge is 0.497 e. The van der Waals surface area contributed by atoms with Crippen LogP contribution in [0.4, 0.5) is 17.5 Å². The lowest BCUT2D eigenvalue weighted by molar-refractivity contribution is 0.122. The van der Waals surface area contributed by atoms with Gasteiger partial charge in [0.1, 0.15) is 17.4 Å². The van der Waals surface area contributed by atoms with Crippen LogP contribution in [0.3, 0.4) is 0 Å². The van der Waals surface area contributed by atoms with Gasteiger partial charge in [-0.25, -0.2) is 9.99 Å².